The number of rotatable bonds is 7. The van der Waals surface area contributed by atoms with Gasteiger partial charge in [-0.25, -0.2) is 14.2 Å². The maximum Gasteiger partial charge on any atom is 0.357 e. The number of aryl methyl sites for hydroxylation is 2. The molecule has 1 aliphatic rings. The zero-order valence-corrected chi connectivity index (χ0v) is 20.3. The lowest BCUT2D eigenvalue weighted by Crippen LogP contribution is -2.10. The fourth-order valence-electron chi connectivity index (χ4n) is 4.25. The summed E-state index contributed by atoms with van der Waals surface area (Å²) in [7, 11) is 0. The number of hydrogen-bond donors (Lipinski definition) is 0. The van der Waals surface area contributed by atoms with Crippen molar-refractivity contribution in [3.8, 4) is 5.75 Å². The van der Waals surface area contributed by atoms with Gasteiger partial charge in [0.25, 0.3) is 0 Å². The highest BCUT2D eigenvalue weighted by Gasteiger charge is 2.23. The first-order valence-electron chi connectivity index (χ1n) is 11.4. The summed E-state index contributed by atoms with van der Waals surface area (Å²) in [6.07, 6.45) is 2.68. The summed E-state index contributed by atoms with van der Waals surface area (Å²) in [4.78, 5) is 17.1. The summed E-state index contributed by atoms with van der Waals surface area (Å²) in [6, 6.07) is 14.4. The van der Waals surface area contributed by atoms with Crippen molar-refractivity contribution < 1.29 is 18.7 Å². The van der Waals surface area contributed by atoms with Gasteiger partial charge >= 0.3 is 5.97 Å². The van der Waals surface area contributed by atoms with Crippen LogP contribution in [0, 0.1) is 19.7 Å². The Kier molecular flexibility index (Phi) is 7.32. The van der Waals surface area contributed by atoms with Crippen LogP contribution in [0.3, 0.4) is 0 Å². The number of halogens is 2. The smallest absolute Gasteiger partial charge is 0.357 e. The molecule has 0 saturated carbocycles. The van der Waals surface area contributed by atoms with E-state index in [0.717, 1.165) is 52.8 Å². The summed E-state index contributed by atoms with van der Waals surface area (Å²) in [5, 5.41) is 0.338. The molecule has 1 aromatic heterocycles. The molecule has 1 heterocycles. The Morgan fingerprint density at radius 3 is 2.65 bits per heavy atom. The fourth-order valence-corrected chi connectivity index (χ4v) is 4.47. The second-order valence-corrected chi connectivity index (χ2v) is 8.79. The second kappa shape index (κ2) is 10.4. The van der Waals surface area contributed by atoms with E-state index in [-0.39, 0.29) is 6.61 Å². The lowest BCUT2D eigenvalue weighted by molar-refractivity contribution is 0.0518. The van der Waals surface area contributed by atoms with Gasteiger partial charge in [-0.1, -0.05) is 35.4 Å². The Bertz CT molecular complexity index is 1250. The molecule has 4 nitrogen and oxygen atoms in total. The molecule has 0 aliphatic heterocycles. The molecular formula is C28H27ClFNO3. The average Bonchev–Trinajstić information content (AvgIpc) is 3.30. The minimum atomic E-state index is -0.414. The zero-order chi connectivity index (χ0) is 24.2. The summed E-state index contributed by atoms with van der Waals surface area (Å²) in [5.74, 6) is -0.141. The fraction of sp³-hybridized carbons (Fsp3) is 0.286. The lowest BCUT2D eigenvalue weighted by Gasteiger charge is -2.16. The third-order valence-corrected chi connectivity index (χ3v) is 6.34. The number of pyridine rings is 1. The maximum atomic E-state index is 14.3. The van der Waals surface area contributed by atoms with Crippen molar-refractivity contribution in [2.75, 3.05) is 6.61 Å². The molecular weight excluding hydrogens is 453 g/mol. The van der Waals surface area contributed by atoms with Crippen LogP contribution in [-0.4, -0.2) is 17.6 Å². The first kappa shape index (κ1) is 24.0. The molecule has 0 atom stereocenters. The van der Waals surface area contributed by atoms with Crippen molar-refractivity contribution in [1.82, 2.24) is 4.98 Å². The van der Waals surface area contributed by atoms with Crippen molar-refractivity contribution >= 4 is 28.7 Å². The standard InChI is InChI=1S/C28H27ClFNO3/c1-4-33-28(32)27-18(3)12-13-25(31-27)20-8-5-7-19(20)21-15-17(2)11-14-26(21)34-16-22-23(29)9-6-10-24(22)30/h6,9-15H,4-5,7-8,16H2,1-3H3. The van der Waals surface area contributed by atoms with E-state index in [1.807, 2.05) is 38.1 Å². The summed E-state index contributed by atoms with van der Waals surface area (Å²) >= 11 is 6.19. The van der Waals surface area contributed by atoms with Gasteiger partial charge in [0.05, 0.1) is 17.3 Å². The van der Waals surface area contributed by atoms with Gasteiger partial charge in [-0.05, 0) is 87.1 Å². The molecule has 34 heavy (non-hydrogen) atoms. The molecule has 6 heteroatoms. The van der Waals surface area contributed by atoms with Crippen LogP contribution in [0.4, 0.5) is 4.39 Å². The topological polar surface area (TPSA) is 48.4 Å². The quantitative estimate of drug-likeness (QED) is 0.332. The molecule has 0 unspecified atom stereocenters. The normalized spacial score (nSPS) is 13.3. The lowest BCUT2D eigenvalue weighted by atomic mass is 9.97. The molecule has 176 valence electrons. The number of nitrogens with zero attached hydrogens (tertiary/aromatic N) is 1. The Morgan fingerprint density at radius 1 is 1.09 bits per heavy atom. The van der Waals surface area contributed by atoms with E-state index in [1.54, 1.807) is 19.1 Å². The van der Waals surface area contributed by atoms with Gasteiger partial charge in [0.1, 0.15) is 18.2 Å². The number of ether oxygens (including phenoxy) is 2. The van der Waals surface area contributed by atoms with Crippen LogP contribution in [-0.2, 0) is 11.3 Å². The average molecular weight is 480 g/mol. The summed E-state index contributed by atoms with van der Waals surface area (Å²) in [6.45, 7) is 5.99. The predicted molar refractivity (Wildman–Crippen MR) is 133 cm³/mol. The van der Waals surface area contributed by atoms with Gasteiger partial charge < -0.3 is 9.47 Å². The number of esters is 1. The van der Waals surface area contributed by atoms with Crippen LogP contribution < -0.4 is 4.74 Å². The van der Waals surface area contributed by atoms with Crippen LogP contribution in [0.2, 0.25) is 5.02 Å². The second-order valence-electron chi connectivity index (χ2n) is 8.38. The van der Waals surface area contributed by atoms with E-state index < -0.39 is 11.8 Å². The third kappa shape index (κ3) is 5.00. The van der Waals surface area contributed by atoms with Crippen LogP contribution in [0.5, 0.6) is 5.75 Å². The summed E-state index contributed by atoms with van der Waals surface area (Å²) in [5.41, 5.74) is 6.49. The molecule has 0 bridgehead atoms. The number of benzene rings is 2. The molecule has 3 aromatic rings. The van der Waals surface area contributed by atoms with Crippen molar-refractivity contribution in [3.63, 3.8) is 0 Å². The van der Waals surface area contributed by atoms with Gasteiger partial charge in [0.2, 0.25) is 0 Å². The number of aromatic nitrogens is 1. The number of carbonyl (C=O) groups is 1. The molecule has 0 saturated heterocycles. The number of carbonyl (C=O) groups excluding carboxylic acids is 1. The maximum absolute atomic E-state index is 14.3. The molecule has 0 N–H and O–H groups in total. The Balaban J connectivity index is 1.73. The van der Waals surface area contributed by atoms with Crippen molar-refractivity contribution in [1.29, 1.82) is 0 Å². The van der Waals surface area contributed by atoms with Gasteiger partial charge in [-0.3, -0.25) is 0 Å². The number of allylic oxidation sites excluding steroid dienone is 2. The molecule has 4 rings (SSSR count). The van der Waals surface area contributed by atoms with E-state index in [4.69, 9.17) is 21.1 Å². The first-order valence-corrected chi connectivity index (χ1v) is 11.8. The van der Waals surface area contributed by atoms with E-state index >= 15 is 0 Å². The van der Waals surface area contributed by atoms with E-state index in [1.165, 1.54) is 6.07 Å². The van der Waals surface area contributed by atoms with Crippen molar-refractivity contribution in [2.24, 2.45) is 0 Å². The molecule has 0 fully saturated rings. The Hall–Kier alpha value is -3.18. The minimum Gasteiger partial charge on any atom is -0.488 e. The van der Waals surface area contributed by atoms with Crippen LogP contribution in [0.25, 0.3) is 11.1 Å². The third-order valence-electron chi connectivity index (χ3n) is 5.99. The monoisotopic (exact) mass is 479 g/mol. The van der Waals surface area contributed by atoms with Crippen molar-refractivity contribution in [2.45, 2.75) is 46.6 Å². The molecule has 2 aromatic carbocycles. The minimum absolute atomic E-state index is 0.0277. The SMILES string of the molecule is CCOC(=O)c1nc(C2=C(c3cc(C)ccc3OCc3c(F)cccc3Cl)CCC2)ccc1C. The van der Waals surface area contributed by atoms with Gasteiger partial charge in [-0.2, -0.15) is 0 Å². The van der Waals surface area contributed by atoms with E-state index in [2.05, 4.69) is 11.1 Å². The summed E-state index contributed by atoms with van der Waals surface area (Å²) < 4.78 is 25.6. The highest BCUT2D eigenvalue weighted by Crippen LogP contribution is 2.43. The molecule has 1 aliphatic carbocycles. The molecule has 0 radical (unpaired) electrons. The Morgan fingerprint density at radius 2 is 1.88 bits per heavy atom. The van der Waals surface area contributed by atoms with Gasteiger partial charge in [-0.15, -0.1) is 0 Å². The van der Waals surface area contributed by atoms with Crippen LogP contribution in [0.1, 0.15) is 64.6 Å². The van der Waals surface area contributed by atoms with E-state index in [0.29, 0.717) is 28.6 Å². The zero-order valence-electron chi connectivity index (χ0n) is 19.6. The highest BCUT2D eigenvalue weighted by atomic mass is 35.5. The first-order chi connectivity index (χ1) is 16.4. The predicted octanol–water partition coefficient (Wildman–Crippen LogP) is 7.34. The van der Waals surface area contributed by atoms with Crippen LogP contribution in [0.15, 0.2) is 48.5 Å². The largest absolute Gasteiger partial charge is 0.488 e. The van der Waals surface area contributed by atoms with Gasteiger partial charge in [0, 0.05) is 11.1 Å². The molecule has 0 spiro atoms. The molecule has 0 amide bonds. The van der Waals surface area contributed by atoms with Gasteiger partial charge in [0.15, 0.2) is 5.69 Å². The van der Waals surface area contributed by atoms with Crippen molar-refractivity contribution in [3.05, 3.63) is 93.0 Å². The Labute approximate surface area is 204 Å². The number of hydrogen-bond acceptors (Lipinski definition) is 4. The highest BCUT2D eigenvalue weighted by molar-refractivity contribution is 6.31. The van der Waals surface area contributed by atoms with E-state index in [9.17, 15) is 9.18 Å². The van der Waals surface area contributed by atoms with Crippen LogP contribution >= 0.6 is 11.6 Å².